The molecule has 7 heteroatoms. The van der Waals surface area contributed by atoms with Gasteiger partial charge in [-0.05, 0) is 98.0 Å². The molecule has 0 fully saturated rings. The van der Waals surface area contributed by atoms with Gasteiger partial charge in [-0.1, -0.05) is 211 Å². The summed E-state index contributed by atoms with van der Waals surface area (Å²) in [6.07, 6.45) is 38.7. The summed E-state index contributed by atoms with van der Waals surface area (Å²) < 4.78 is 30.6. The van der Waals surface area contributed by atoms with Crippen molar-refractivity contribution in [2.75, 3.05) is 33.5 Å². The van der Waals surface area contributed by atoms with Gasteiger partial charge in [-0.2, -0.15) is 5.26 Å². The molecule has 0 bridgehead atoms. The maximum atomic E-state index is 11.5. The summed E-state index contributed by atoms with van der Waals surface area (Å²) in [4.78, 5) is 11.5. The van der Waals surface area contributed by atoms with Gasteiger partial charge in [0.2, 0.25) is 5.75 Å². The van der Waals surface area contributed by atoms with Gasteiger partial charge in [0.15, 0.2) is 11.5 Å². The lowest BCUT2D eigenvalue weighted by Crippen LogP contribution is -2.07. The number of nitriles is 1. The molecule has 0 aromatic heterocycles. The number of methoxy groups -OCH3 is 1. The van der Waals surface area contributed by atoms with Crippen LogP contribution in [0.1, 0.15) is 225 Å². The highest BCUT2D eigenvalue weighted by Gasteiger charge is 2.17. The van der Waals surface area contributed by atoms with E-state index in [2.05, 4.69) is 51.1 Å². The summed E-state index contributed by atoms with van der Waals surface area (Å²) >= 11 is 0. The first-order chi connectivity index (χ1) is 33.9. The fourth-order valence-electron chi connectivity index (χ4n) is 8.57. The molecular formula is C62H93NO6. The van der Waals surface area contributed by atoms with Gasteiger partial charge in [0.1, 0.15) is 5.75 Å². The number of esters is 1. The lowest BCUT2D eigenvalue weighted by Gasteiger charge is -2.18. The first kappa shape index (κ1) is 58.6. The molecular weight excluding hydrogens is 855 g/mol. The molecule has 0 aliphatic heterocycles. The molecule has 0 heterocycles. The van der Waals surface area contributed by atoms with E-state index in [1.807, 2.05) is 48.6 Å². The molecule has 0 N–H and O–H groups in total. The smallest absolute Gasteiger partial charge is 0.333 e. The Hall–Kier alpha value is -4.70. The molecule has 7 nitrogen and oxygen atoms in total. The minimum absolute atomic E-state index is 0.257. The minimum atomic E-state index is -0.257. The van der Waals surface area contributed by atoms with E-state index < -0.39 is 0 Å². The number of allylic oxidation sites excluding steroid dienone is 2. The molecule has 0 aliphatic carbocycles. The minimum Gasteiger partial charge on any atom is -0.494 e. The second kappa shape index (κ2) is 39.1. The maximum Gasteiger partial charge on any atom is 0.333 e. The van der Waals surface area contributed by atoms with Crippen LogP contribution < -0.4 is 18.9 Å². The lowest BCUT2D eigenvalue weighted by atomic mass is 9.99. The molecule has 0 aliphatic rings. The summed E-state index contributed by atoms with van der Waals surface area (Å²) in [6, 6.07) is 23.0. The van der Waals surface area contributed by atoms with E-state index >= 15 is 0 Å². The Morgan fingerprint density at radius 1 is 0.507 bits per heavy atom. The molecule has 0 spiro atoms. The van der Waals surface area contributed by atoms with Crippen LogP contribution in [0.2, 0.25) is 0 Å². The van der Waals surface area contributed by atoms with Crippen LogP contribution in [0.5, 0.6) is 23.0 Å². The average Bonchev–Trinajstić information content (AvgIpc) is 3.37. The second-order valence-electron chi connectivity index (χ2n) is 19.0. The highest BCUT2D eigenvalue weighted by Crippen LogP contribution is 2.41. The number of benzene rings is 3. The van der Waals surface area contributed by atoms with E-state index in [0.717, 1.165) is 98.6 Å². The van der Waals surface area contributed by atoms with Crippen molar-refractivity contribution >= 4 is 17.6 Å². The van der Waals surface area contributed by atoms with Gasteiger partial charge in [-0.3, -0.25) is 0 Å². The number of rotatable bonds is 42. The van der Waals surface area contributed by atoms with Crippen molar-refractivity contribution in [3.63, 3.8) is 0 Å². The van der Waals surface area contributed by atoms with Crippen LogP contribution in [0, 0.1) is 11.3 Å². The molecule has 0 unspecified atom stereocenters. The van der Waals surface area contributed by atoms with Crippen molar-refractivity contribution < 1.29 is 28.5 Å². The second-order valence-corrected chi connectivity index (χ2v) is 19.0. The Labute approximate surface area is 420 Å². The van der Waals surface area contributed by atoms with Crippen molar-refractivity contribution in [2.24, 2.45) is 0 Å². The number of ether oxygens (including phenoxy) is 5. The average molecular weight is 948 g/mol. The molecule has 0 amide bonds. The van der Waals surface area contributed by atoms with E-state index in [1.54, 1.807) is 6.92 Å². The van der Waals surface area contributed by atoms with Gasteiger partial charge < -0.3 is 23.7 Å². The Balaban J connectivity index is 1.73. The Kier molecular flexibility index (Phi) is 33.2. The zero-order chi connectivity index (χ0) is 49.4. The van der Waals surface area contributed by atoms with Gasteiger partial charge in [-0.25, -0.2) is 4.79 Å². The van der Waals surface area contributed by atoms with E-state index in [0.29, 0.717) is 54.8 Å². The number of unbranched alkanes of at least 4 members (excludes halogenated alkanes) is 25. The van der Waals surface area contributed by atoms with Crippen LogP contribution in [0.3, 0.4) is 0 Å². The summed E-state index contributed by atoms with van der Waals surface area (Å²) in [5, 5.41) is 10.5. The van der Waals surface area contributed by atoms with Crippen molar-refractivity contribution in [1.82, 2.24) is 0 Å². The van der Waals surface area contributed by atoms with Crippen molar-refractivity contribution in [3.05, 3.63) is 83.4 Å². The van der Waals surface area contributed by atoms with E-state index in [9.17, 15) is 10.1 Å². The predicted octanol–water partition coefficient (Wildman–Crippen LogP) is 18.4. The molecule has 3 aromatic rings. The zero-order valence-electron chi connectivity index (χ0n) is 44.2. The van der Waals surface area contributed by atoms with Crippen molar-refractivity contribution in [3.8, 4) is 40.2 Å². The molecule has 3 aromatic carbocycles. The fraction of sp³-hybridized carbons (Fsp3) is 0.613. The standard InChI is InChI=1S/C62H93NO6/c1-6-9-12-15-18-21-26-32-45-67-59-49-53(50-60(68-46-33-27-22-19-16-13-10-7-2)61(59)69-47-34-28-23-20-17-14-11-8-3)48-57(51-63)56-38-36-54(37-39-56)55-40-42-58(43-41-55)66-44-31-29-24-25-30-35-52(4)62(64)65-5/h35-43,48-50H,6-34,44-47H2,1-5H3/b52-35-,57-48?. The van der Waals surface area contributed by atoms with Crippen LogP contribution >= 0.6 is 0 Å². The SMILES string of the molecule is CCCCCCCCCCOc1cc(C=C(C#N)c2ccc(-c3ccc(OCCCCCC/C=C(/C)C(=O)OC)cc3)cc2)cc(OCCCCCCCCCC)c1OCCCCCCCCCC. The van der Waals surface area contributed by atoms with Crippen molar-refractivity contribution in [1.29, 1.82) is 5.26 Å². The summed E-state index contributed by atoms with van der Waals surface area (Å²) in [7, 11) is 1.41. The first-order valence-electron chi connectivity index (χ1n) is 27.7. The van der Waals surface area contributed by atoms with Gasteiger partial charge in [0.25, 0.3) is 0 Å². The quantitative estimate of drug-likeness (QED) is 0.0184. The largest absolute Gasteiger partial charge is 0.494 e. The van der Waals surface area contributed by atoms with Gasteiger partial charge in [0, 0.05) is 5.57 Å². The fourth-order valence-corrected chi connectivity index (χ4v) is 8.57. The summed E-state index contributed by atoms with van der Waals surface area (Å²) in [5.41, 5.74) is 5.13. The van der Waals surface area contributed by atoms with E-state index in [-0.39, 0.29) is 5.97 Å². The van der Waals surface area contributed by atoms with Crippen molar-refractivity contribution in [2.45, 2.75) is 214 Å². The molecule has 0 saturated carbocycles. The predicted molar refractivity (Wildman–Crippen MR) is 290 cm³/mol. The summed E-state index contributed by atoms with van der Waals surface area (Å²) in [5.74, 6) is 2.70. The van der Waals surface area contributed by atoms with Gasteiger partial charge >= 0.3 is 5.97 Å². The maximum absolute atomic E-state index is 11.5. The number of carbonyl (C=O) groups is 1. The Morgan fingerprint density at radius 3 is 1.33 bits per heavy atom. The van der Waals surface area contributed by atoms with E-state index in [4.69, 9.17) is 23.7 Å². The van der Waals surface area contributed by atoms with Crippen LogP contribution in [0.15, 0.2) is 72.3 Å². The first-order valence-corrected chi connectivity index (χ1v) is 27.7. The molecule has 0 saturated heterocycles. The molecule has 3 rings (SSSR count). The summed E-state index contributed by atoms with van der Waals surface area (Å²) in [6.45, 7) is 11.1. The Morgan fingerprint density at radius 2 is 0.899 bits per heavy atom. The van der Waals surface area contributed by atoms with Crippen LogP contribution in [0.4, 0.5) is 0 Å². The number of hydrogen-bond acceptors (Lipinski definition) is 7. The topological polar surface area (TPSA) is 87.0 Å². The zero-order valence-corrected chi connectivity index (χ0v) is 44.2. The third kappa shape index (κ3) is 26.2. The molecule has 69 heavy (non-hydrogen) atoms. The monoisotopic (exact) mass is 948 g/mol. The van der Waals surface area contributed by atoms with Gasteiger partial charge in [-0.15, -0.1) is 0 Å². The normalized spacial score (nSPS) is 11.7. The highest BCUT2D eigenvalue weighted by atomic mass is 16.5. The van der Waals surface area contributed by atoms with Crippen LogP contribution in [-0.2, 0) is 9.53 Å². The molecule has 0 radical (unpaired) electrons. The van der Waals surface area contributed by atoms with Crippen LogP contribution in [-0.4, -0.2) is 39.5 Å². The number of carbonyl (C=O) groups excluding carboxylic acids is 1. The van der Waals surface area contributed by atoms with Gasteiger partial charge in [0.05, 0.1) is 45.2 Å². The number of nitrogens with zero attached hydrogens (tertiary/aromatic N) is 1. The van der Waals surface area contributed by atoms with E-state index in [1.165, 1.54) is 123 Å². The Bertz CT molecular complexity index is 1830. The molecule has 0 atom stereocenters. The molecule has 382 valence electrons. The van der Waals surface area contributed by atoms with Crippen LogP contribution in [0.25, 0.3) is 22.8 Å². The third-order valence-corrected chi connectivity index (χ3v) is 12.9. The third-order valence-electron chi connectivity index (χ3n) is 12.9. The number of hydrogen-bond donors (Lipinski definition) is 0. The lowest BCUT2D eigenvalue weighted by molar-refractivity contribution is -0.136. The highest BCUT2D eigenvalue weighted by molar-refractivity contribution is 5.90.